The lowest BCUT2D eigenvalue weighted by Gasteiger charge is -2.27. The van der Waals surface area contributed by atoms with Crippen molar-refractivity contribution < 1.29 is 0 Å². The van der Waals surface area contributed by atoms with E-state index in [1.807, 2.05) is 0 Å². The Morgan fingerprint density at radius 1 is 1.30 bits per heavy atom. The number of anilines is 1. The standard InChI is InChI=1S/C19H23N3S/c1-12-4-3-5-14(8-12)21-19-22-18(11-23-19)16-10-20-17-9-13(2)6-7-15(16)17/h6-7,9-12,14,20H,3-5,8H2,1-2H3,(H,21,22)/t12-,14+/m0/s1. The number of hydrogen-bond donors (Lipinski definition) is 2. The normalized spacial score (nSPS) is 21.7. The predicted molar refractivity (Wildman–Crippen MR) is 99.2 cm³/mol. The highest BCUT2D eigenvalue weighted by atomic mass is 32.1. The number of aromatic nitrogens is 2. The number of hydrogen-bond acceptors (Lipinski definition) is 3. The predicted octanol–water partition coefficient (Wildman–Crippen LogP) is 5.59. The summed E-state index contributed by atoms with van der Waals surface area (Å²) in [6, 6.07) is 7.12. The molecule has 1 fully saturated rings. The third-order valence-electron chi connectivity index (χ3n) is 4.88. The molecule has 2 aromatic heterocycles. The summed E-state index contributed by atoms with van der Waals surface area (Å²) in [4.78, 5) is 8.20. The van der Waals surface area contributed by atoms with Crippen molar-refractivity contribution >= 4 is 27.4 Å². The van der Waals surface area contributed by atoms with Crippen molar-refractivity contribution in [2.75, 3.05) is 5.32 Å². The molecule has 120 valence electrons. The Morgan fingerprint density at radius 3 is 3.09 bits per heavy atom. The zero-order valence-corrected chi connectivity index (χ0v) is 14.5. The van der Waals surface area contributed by atoms with E-state index < -0.39 is 0 Å². The zero-order chi connectivity index (χ0) is 15.8. The molecular formula is C19H23N3S. The van der Waals surface area contributed by atoms with Gasteiger partial charge < -0.3 is 10.3 Å². The molecule has 0 amide bonds. The Morgan fingerprint density at radius 2 is 2.22 bits per heavy atom. The summed E-state index contributed by atoms with van der Waals surface area (Å²) in [5.74, 6) is 0.831. The first-order chi connectivity index (χ1) is 11.2. The van der Waals surface area contributed by atoms with Gasteiger partial charge in [-0.15, -0.1) is 11.3 Å². The zero-order valence-electron chi connectivity index (χ0n) is 13.7. The van der Waals surface area contributed by atoms with Crippen molar-refractivity contribution in [1.29, 1.82) is 0 Å². The summed E-state index contributed by atoms with van der Waals surface area (Å²) >= 11 is 1.72. The van der Waals surface area contributed by atoms with Gasteiger partial charge in [0, 0.05) is 34.1 Å². The molecule has 0 radical (unpaired) electrons. The van der Waals surface area contributed by atoms with Crippen LogP contribution in [0.25, 0.3) is 22.2 Å². The molecule has 0 unspecified atom stereocenters. The molecule has 1 aliphatic carbocycles. The minimum absolute atomic E-state index is 0.586. The van der Waals surface area contributed by atoms with Crippen molar-refractivity contribution in [2.24, 2.45) is 5.92 Å². The number of nitrogens with one attached hydrogen (secondary N) is 2. The molecule has 1 aromatic carbocycles. The Kier molecular flexibility index (Phi) is 3.85. The van der Waals surface area contributed by atoms with Gasteiger partial charge in [0.15, 0.2) is 5.13 Å². The lowest BCUT2D eigenvalue weighted by molar-refractivity contribution is 0.358. The molecule has 0 bridgehead atoms. The smallest absolute Gasteiger partial charge is 0.183 e. The number of benzene rings is 1. The number of aryl methyl sites for hydroxylation is 1. The highest BCUT2D eigenvalue weighted by Crippen LogP contribution is 2.33. The van der Waals surface area contributed by atoms with Crippen molar-refractivity contribution in [3.05, 3.63) is 35.3 Å². The van der Waals surface area contributed by atoms with Gasteiger partial charge in [-0.1, -0.05) is 31.9 Å². The van der Waals surface area contributed by atoms with Crippen LogP contribution in [0.15, 0.2) is 29.8 Å². The molecule has 2 heterocycles. The van der Waals surface area contributed by atoms with Crippen molar-refractivity contribution in [2.45, 2.75) is 45.6 Å². The number of nitrogens with zero attached hydrogens (tertiary/aromatic N) is 1. The maximum Gasteiger partial charge on any atom is 0.183 e. The quantitative estimate of drug-likeness (QED) is 0.659. The van der Waals surface area contributed by atoms with E-state index >= 15 is 0 Å². The minimum atomic E-state index is 0.586. The number of aromatic amines is 1. The summed E-state index contributed by atoms with van der Waals surface area (Å²) in [7, 11) is 0. The SMILES string of the molecule is Cc1ccc2c(-c3csc(N[C@@H]4CCC[C@H](C)C4)n3)c[nH]c2c1. The van der Waals surface area contributed by atoms with Crippen LogP contribution in [0.2, 0.25) is 0 Å². The molecule has 3 nitrogen and oxygen atoms in total. The van der Waals surface area contributed by atoms with Gasteiger partial charge in [0.25, 0.3) is 0 Å². The van der Waals surface area contributed by atoms with E-state index in [0.29, 0.717) is 6.04 Å². The fraction of sp³-hybridized carbons (Fsp3) is 0.421. The summed E-state index contributed by atoms with van der Waals surface area (Å²) in [5, 5.41) is 8.12. The fourth-order valence-corrected chi connectivity index (χ4v) is 4.44. The molecule has 1 aliphatic rings. The molecule has 3 aromatic rings. The van der Waals surface area contributed by atoms with Gasteiger partial charge in [-0.3, -0.25) is 0 Å². The van der Waals surface area contributed by atoms with Crippen LogP contribution in [0.1, 0.15) is 38.2 Å². The third-order valence-corrected chi connectivity index (χ3v) is 5.65. The van der Waals surface area contributed by atoms with Gasteiger partial charge in [-0.25, -0.2) is 4.98 Å². The van der Waals surface area contributed by atoms with E-state index in [4.69, 9.17) is 4.98 Å². The Balaban J connectivity index is 1.57. The first kappa shape index (κ1) is 14.8. The van der Waals surface area contributed by atoms with Crippen LogP contribution < -0.4 is 5.32 Å². The van der Waals surface area contributed by atoms with Crippen molar-refractivity contribution in [3.8, 4) is 11.3 Å². The average Bonchev–Trinajstić information content (AvgIpc) is 3.13. The average molecular weight is 325 g/mol. The van der Waals surface area contributed by atoms with Gasteiger partial charge in [-0.05, 0) is 37.3 Å². The molecule has 0 aliphatic heterocycles. The number of rotatable bonds is 3. The van der Waals surface area contributed by atoms with Crippen LogP contribution in [0.5, 0.6) is 0 Å². The van der Waals surface area contributed by atoms with E-state index in [1.54, 1.807) is 11.3 Å². The molecule has 2 atom stereocenters. The fourth-order valence-electron chi connectivity index (χ4n) is 3.66. The van der Waals surface area contributed by atoms with Gasteiger partial charge in [-0.2, -0.15) is 0 Å². The first-order valence-electron chi connectivity index (χ1n) is 8.49. The van der Waals surface area contributed by atoms with Gasteiger partial charge in [0.05, 0.1) is 5.69 Å². The van der Waals surface area contributed by atoms with Crippen LogP contribution >= 0.6 is 11.3 Å². The summed E-state index contributed by atoms with van der Waals surface area (Å²) in [6.45, 7) is 4.48. The first-order valence-corrected chi connectivity index (χ1v) is 9.37. The molecular weight excluding hydrogens is 302 g/mol. The molecule has 2 N–H and O–H groups in total. The van der Waals surface area contributed by atoms with Crippen LogP contribution in [-0.4, -0.2) is 16.0 Å². The van der Waals surface area contributed by atoms with Gasteiger partial charge in [0.1, 0.15) is 0 Å². The minimum Gasteiger partial charge on any atom is -0.360 e. The van der Waals surface area contributed by atoms with E-state index in [-0.39, 0.29) is 0 Å². The van der Waals surface area contributed by atoms with E-state index in [1.165, 1.54) is 47.7 Å². The molecule has 1 saturated carbocycles. The lowest BCUT2D eigenvalue weighted by atomic mass is 9.87. The lowest BCUT2D eigenvalue weighted by Crippen LogP contribution is -2.26. The maximum atomic E-state index is 4.83. The van der Waals surface area contributed by atoms with Crippen molar-refractivity contribution in [3.63, 3.8) is 0 Å². The second-order valence-electron chi connectivity index (χ2n) is 6.90. The highest BCUT2D eigenvalue weighted by molar-refractivity contribution is 7.14. The molecule has 0 saturated heterocycles. The Hall–Kier alpha value is -1.81. The van der Waals surface area contributed by atoms with Crippen LogP contribution in [0.4, 0.5) is 5.13 Å². The van der Waals surface area contributed by atoms with E-state index in [9.17, 15) is 0 Å². The van der Waals surface area contributed by atoms with Gasteiger partial charge >= 0.3 is 0 Å². The Labute approximate surface area is 141 Å². The topological polar surface area (TPSA) is 40.7 Å². The maximum absolute atomic E-state index is 4.83. The molecule has 0 spiro atoms. The molecule has 4 rings (SSSR count). The number of fused-ring (bicyclic) bond motifs is 1. The largest absolute Gasteiger partial charge is 0.360 e. The van der Waals surface area contributed by atoms with Crippen LogP contribution in [0.3, 0.4) is 0 Å². The third kappa shape index (κ3) is 3.00. The summed E-state index contributed by atoms with van der Waals surface area (Å²) in [6.07, 6.45) is 7.31. The van der Waals surface area contributed by atoms with Gasteiger partial charge in [0.2, 0.25) is 0 Å². The summed E-state index contributed by atoms with van der Waals surface area (Å²) in [5.41, 5.74) is 4.72. The monoisotopic (exact) mass is 325 g/mol. The van der Waals surface area contributed by atoms with E-state index in [0.717, 1.165) is 16.7 Å². The van der Waals surface area contributed by atoms with Crippen LogP contribution in [-0.2, 0) is 0 Å². The number of thiazole rings is 1. The highest BCUT2D eigenvalue weighted by Gasteiger charge is 2.20. The second-order valence-corrected chi connectivity index (χ2v) is 7.76. The second kappa shape index (κ2) is 6.00. The number of H-pyrrole nitrogens is 1. The van der Waals surface area contributed by atoms with Crippen LogP contribution in [0, 0.1) is 12.8 Å². The van der Waals surface area contributed by atoms with E-state index in [2.05, 4.69) is 53.9 Å². The molecule has 4 heteroatoms. The molecule has 23 heavy (non-hydrogen) atoms. The van der Waals surface area contributed by atoms with Crippen molar-refractivity contribution in [1.82, 2.24) is 9.97 Å². The summed E-state index contributed by atoms with van der Waals surface area (Å²) < 4.78 is 0. The Bertz CT molecular complexity index is 817.